The largest absolute Gasteiger partial charge is 0.456 e. The molecule has 2 nitrogen and oxygen atoms in total. The third-order valence-corrected chi connectivity index (χ3v) is 5.27. The van der Waals surface area contributed by atoms with Crippen LogP contribution in [-0.4, -0.2) is 4.98 Å². The molecule has 0 spiro atoms. The third-order valence-electron chi connectivity index (χ3n) is 5.27. The maximum Gasteiger partial charge on any atom is 0.136 e. The van der Waals surface area contributed by atoms with E-state index in [4.69, 9.17) is 4.42 Å². The van der Waals surface area contributed by atoms with Crippen molar-refractivity contribution in [2.24, 2.45) is 0 Å². The van der Waals surface area contributed by atoms with Crippen molar-refractivity contribution in [2.75, 3.05) is 0 Å². The SMILES string of the molecule is C1=Cc2ccc3[nH]c4ccc5oc6ccccc6c5c4c3c2CC1. The molecule has 3 aromatic carbocycles. The van der Waals surface area contributed by atoms with Crippen molar-refractivity contribution in [3.63, 3.8) is 0 Å². The van der Waals surface area contributed by atoms with Gasteiger partial charge in [-0.25, -0.2) is 0 Å². The van der Waals surface area contributed by atoms with E-state index in [0.717, 1.165) is 24.0 Å². The number of fused-ring (bicyclic) bond motifs is 9. The van der Waals surface area contributed by atoms with Crippen molar-refractivity contribution in [3.8, 4) is 0 Å². The molecule has 0 bridgehead atoms. The molecule has 2 heterocycles. The average Bonchev–Trinajstić information content (AvgIpc) is 3.19. The Hall–Kier alpha value is -3.00. The van der Waals surface area contributed by atoms with Gasteiger partial charge in [-0.05, 0) is 48.2 Å². The van der Waals surface area contributed by atoms with Crippen LogP contribution in [0.5, 0.6) is 0 Å². The number of allylic oxidation sites excluding steroid dienone is 1. The van der Waals surface area contributed by atoms with E-state index in [9.17, 15) is 0 Å². The minimum Gasteiger partial charge on any atom is -0.456 e. The van der Waals surface area contributed by atoms with Crippen LogP contribution in [0.4, 0.5) is 0 Å². The fourth-order valence-electron chi connectivity index (χ4n) is 4.24. The molecule has 0 aliphatic heterocycles. The van der Waals surface area contributed by atoms with Gasteiger partial charge in [-0.1, -0.05) is 36.4 Å². The number of aromatic amines is 1. The Morgan fingerprint density at radius 3 is 2.67 bits per heavy atom. The average molecular weight is 309 g/mol. The van der Waals surface area contributed by atoms with Crippen LogP contribution >= 0.6 is 0 Å². The Balaban J connectivity index is 1.94. The van der Waals surface area contributed by atoms with Gasteiger partial charge in [0, 0.05) is 32.6 Å². The van der Waals surface area contributed by atoms with Gasteiger partial charge in [0.25, 0.3) is 0 Å². The fourth-order valence-corrected chi connectivity index (χ4v) is 4.24. The highest BCUT2D eigenvalue weighted by molar-refractivity contribution is 6.27. The van der Waals surface area contributed by atoms with Crippen molar-refractivity contribution in [2.45, 2.75) is 12.8 Å². The van der Waals surface area contributed by atoms with Gasteiger partial charge in [0.1, 0.15) is 11.2 Å². The highest BCUT2D eigenvalue weighted by atomic mass is 16.3. The summed E-state index contributed by atoms with van der Waals surface area (Å²) in [7, 11) is 0. The zero-order valence-corrected chi connectivity index (χ0v) is 13.1. The number of aryl methyl sites for hydroxylation is 1. The molecular formula is C22H15NO. The monoisotopic (exact) mass is 309 g/mol. The van der Waals surface area contributed by atoms with Crippen LogP contribution in [-0.2, 0) is 6.42 Å². The van der Waals surface area contributed by atoms with Gasteiger partial charge >= 0.3 is 0 Å². The molecule has 0 fully saturated rings. The Kier molecular flexibility index (Phi) is 2.22. The highest BCUT2D eigenvalue weighted by Crippen LogP contribution is 2.41. The molecule has 0 amide bonds. The van der Waals surface area contributed by atoms with Crippen LogP contribution < -0.4 is 0 Å². The standard InChI is InChI=1S/C22H15NO/c1-2-6-14-13(5-1)9-10-16-20(14)22-17(23-16)11-12-19-21(22)15-7-3-4-8-18(15)24-19/h1,3-5,7-12,23H,2,6H2. The van der Waals surface area contributed by atoms with Crippen molar-refractivity contribution in [3.05, 3.63) is 65.7 Å². The molecule has 0 saturated carbocycles. The number of nitrogens with one attached hydrogen (secondary N) is 1. The van der Waals surface area contributed by atoms with Crippen LogP contribution in [0.2, 0.25) is 0 Å². The topological polar surface area (TPSA) is 28.9 Å². The van der Waals surface area contributed by atoms with E-state index >= 15 is 0 Å². The number of rotatable bonds is 0. The van der Waals surface area contributed by atoms with Gasteiger partial charge in [0.15, 0.2) is 0 Å². The van der Waals surface area contributed by atoms with Gasteiger partial charge in [-0.2, -0.15) is 0 Å². The number of hydrogen-bond acceptors (Lipinski definition) is 1. The van der Waals surface area contributed by atoms with E-state index in [0.29, 0.717) is 0 Å². The second-order valence-electron chi connectivity index (χ2n) is 6.58. The van der Waals surface area contributed by atoms with Gasteiger partial charge < -0.3 is 9.40 Å². The highest BCUT2D eigenvalue weighted by Gasteiger charge is 2.18. The Labute approximate surface area is 138 Å². The normalized spacial score (nSPS) is 14.2. The summed E-state index contributed by atoms with van der Waals surface area (Å²) in [5.74, 6) is 0. The van der Waals surface area contributed by atoms with Crippen molar-refractivity contribution < 1.29 is 4.42 Å². The first-order chi connectivity index (χ1) is 11.9. The lowest BCUT2D eigenvalue weighted by molar-refractivity contribution is 0.669. The lowest BCUT2D eigenvalue weighted by Gasteiger charge is -2.12. The van der Waals surface area contributed by atoms with E-state index in [2.05, 4.69) is 53.5 Å². The summed E-state index contributed by atoms with van der Waals surface area (Å²) >= 11 is 0. The van der Waals surface area contributed by atoms with Crippen LogP contribution in [0.1, 0.15) is 17.5 Å². The molecule has 0 atom stereocenters. The van der Waals surface area contributed by atoms with Crippen LogP contribution in [0.25, 0.3) is 49.8 Å². The summed E-state index contributed by atoms with van der Waals surface area (Å²) in [5.41, 5.74) is 7.13. The summed E-state index contributed by atoms with van der Waals surface area (Å²) in [5, 5.41) is 5.10. The second kappa shape index (κ2) is 4.30. The van der Waals surface area contributed by atoms with Crippen molar-refractivity contribution in [1.29, 1.82) is 0 Å². The first-order valence-electron chi connectivity index (χ1n) is 8.44. The van der Waals surface area contributed by atoms with E-state index in [1.807, 2.05) is 12.1 Å². The first-order valence-corrected chi connectivity index (χ1v) is 8.44. The van der Waals surface area contributed by atoms with Crippen molar-refractivity contribution in [1.82, 2.24) is 4.98 Å². The predicted molar refractivity (Wildman–Crippen MR) is 100 cm³/mol. The maximum absolute atomic E-state index is 6.10. The molecule has 1 aliphatic carbocycles. The molecule has 5 aromatic rings. The molecular weight excluding hydrogens is 294 g/mol. The van der Waals surface area contributed by atoms with E-state index < -0.39 is 0 Å². The molecule has 1 aliphatic rings. The molecule has 1 N–H and O–H groups in total. The molecule has 2 heteroatoms. The molecule has 0 radical (unpaired) electrons. The Bertz CT molecular complexity index is 1300. The third kappa shape index (κ3) is 1.46. The number of furan rings is 1. The summed E-state index contributed by atoms with van der Waals surface area (Å²) in [6, 6.07) is 17.0. The number of para-hydroxylation sites is 1. The lowest BCUT2D eigenvalue weighted by atomic mass is 9.92. The second-order valence-corrected chi connectivity index (χ2v) is 6.58. The molecule has 2 aromatic heterocycles. The number of aromatic nitrogens is 1. The van der Waals surface area contributed by atoms with E-state index in [1.54, 1.807) is 0 Å². The summed E-state index contributed by atoms with van der Waals surface area (Å²) in [6.07, 6.45) is 6.74. The Morgan fingerprint density at radius 2 is 1.67 bits per heavy atom. The van der Waals surface area contributed by atoms with E-state index in [1.165, 1.54) is 43.7 Å². The maximum atomic E-state index is 6.10. The minimum atomic E-state index is 0.957. The number of H-pyrrole nitrogens is 1. The summed E-state index contributed by atoms with van der Waals surface area (Å²) in [4.78, 5) is 3.61. The van der Waals surface area contributed by atoms with Crippen LogP contribution in [0.3, 0.4) is 0 Å². The van der Waals surface area contributed by atoms with Crippen LogP contribution in [0.15, 0.2) is 59.0 Å². The molecule has 114 valence electrons. The van der Waals surface area contributed by atoms with Gasteiger partial charge in [0.2, 0.25) is 0 Å². The number of benzene rings is 3. The fraction of sp³-hybridized carbons (Fsp3) is 0.0909. The van der Waals surface area contributed by atoms with E-state index in [-0.39, 0.29) is 0 Å². The van der Waals surface area contributed by atoms with Crippen molar-refractivity contribution >= 4 is 49.8 Å². The van der Waals surface area contributed by atoms with Gasteiger partial charge in [-0.3, -0.25) is 0 Å². The lowest BCUT2D eigenvalue weighted by Crippen LogP contribution is -1.94. The molecule has 0 saturated heterocycles. The van der Waals surface area contributed by atoms with Crippen LogP contribution in [0, 0.1) is 0 Å². The molecule has 0 unspecified atom stereocenters. The predicted octanol–water partition coefficient (Wildman–Crippen LogP) is 6.18. The molecule has 24 heavy (non-hydrogen) atoms. The Morgan fingerprint density at radius 1 is 0.792 bits per heavy atom. The summed E-state index contributed by atoms with van der Waals surface area (Å²) < 4.78 is 6.10. The zero-order valence-electron chi connectivity index (χ0n) is 13.1. The summed E-state index contributed by atoms with van der Waals surface area (Å²) in [6.45, 7) is 0. The quantitative estimate of drug-likeness (QED) is 0.363. The molecule has 6 rings (SSSR count). The first kappa shape index (κ1) is 12.4. The van der Waals surface area contributed by atoms with Gasteiger partial charge in [0.05, 0.1) is 0 Å². The minimum absolute atomic E-state index is 0.957. The number of hydrogen-bond donors (Lipinski definition) is 1. The van der Waals surface area contributed by atoms with Gasteiger partial charge in [-0.15, -0.1) is 0 Å². The zero-order chi connectivity index (χ0) is 15.7. The smallest absolute Gasteiger partial charge is 0.136 e.